The lowest BCUT2D eigenvalue weighted by atomic mass is 10.2. The molecule has 1 atom stereocenters. The molecule has 0 aliphatic carbocycles. The van der Waals surface area contributed by atoms with Gasteiger partial charge in [-0.25, -0.2) is 0 Å². The van der Waals surface area contributed by atoms with Crippen LogP contribution in [0.25, 0.3) is 0 Å². The van der Waals surface area contributed by atoms with E-state index in [4.69, 9.17) is 0 Å². The van der Waals surface area contributed by atoms with Gasteiger partial charge in [0.05, 0.1) is 0 Å². The number of halogens is 1. The maximum Gasteiger partial charge on any atom is 0.0196 e. The molecule has 0 aromatic heterocycles. The van der Waals surface area contributed by atoms with E-state index in [0.717, 1.165) is 19.5 Å². The molecular formula is C12H27ClN2O2S-2. The maximum absolute atomic E-state index is 11.3. The molecule has 1 rings (SSSR count). The summed E-state index contributed by atoms with van der Waals surface area (Å²) in [5.41, 5.74) is 0. The maximum atomic E-state index is 11.3. The normalized spacial score (nSPS) is 24.6. The summed E-state index contributed by atoms with van der Waals surface area (Å²) in [5, 5.41) is 3.36. The van der Waals surface area contributed by atoms with Gasteiger partial charge < -0.3 is 25.0 Å². The van der Waals surface area contributed by atoms with Gasteiger partial charge in [-0.1, -0.05) is 0 Å². The summed E-state index contributed by atoms with van der Waals surface area (Å²) in [6, 6.07) is 1.23. The van der Waals surface area contributed by atoms with Gasteiger partial charge >= 0.3 is 0 Å². The van der Waals surface area contributed by atoms with Gasteiger partial charge in [-0.2, -0.15) is 0 Å². The fourth-order valence-electron chi connectivity index (χ4n) is 2.47. The van der Waals surface area contributed by atoms with Crippen molar-refractivity contribution in [3.05, 3.63) is 0 Å². The number of rotatable bonds is 6. The highest BCUT2D eigenvalue weighted by Gasteiger charge is 2.18. The van der Waals surface area contributed by atoms with Crippen LogP contribution in [0.15, 0.2) is 0 Å². The zero-order chi connectivity index (χ0) is 13.1. The second kappa shape index (κ2) is 7.92. The van der Waals surface area contributed by atoms with E-state index in [1.165, 1.54) is 0 Å². The van der Waals surface area contributed by atoms with E-state index >= 15 is 0 Å². The highest BCUT2D eigenvalue weighted by Crippen LogP contribution is 2.44. The summed E-state index contributed by atoms with van der Waals surface area (Å²) in [6.07, 6.45) is 0.770. The van der Waals surface area contributed by atoms with Crippen LogP contribution < -0.4 is 5.32 Å². The summed E-state index contributed by atoms with van der Waals surface area (Å²) in [6.45, 7) is 10.6. The van der Waals surface area contributed by atoms with Crippen LogP contribution in [0.2, 0.25) is 0 Å². The summed E-state index contributed by atoms with van der Waals surface area (Å²) in [4.78, 5) is 2.41. The van der Waals surface area contributed by atoms with Crippen molar-refractivity contribution in [2.45, 2.75) is 52.2 Å². The summed E-state index contributed by atoms with van der Waals surface area (Å²) < 4.78 is 22.6. The van der Waals surface area contributed by atoms with Crippen LogP contribution >= 0.6 is 23.0 Å². The van der Waals surface area contributed by atoms with Gasteiger partial charge in [0.25, 0.3) is 0 Å². The van der Waals surface area contributed by atoms with Gasteiger partial charge in [-0.05, 0) is 45.6 Å². The van der Waals surface area contributed by atoms with Crippen molar-refractivity contribution in [2.75, 3.05) is 24.6 Å². The summed E-state index contributed by atoms with van der Waals surface area (Å²) >= 11 is 0. The van der Waals surface area contributed by atoms with Crippen LogP contribution in [0.3, 0.4) is 0 Å². The molecular weight excluding hydrogens is 272 g/mol. The molecule has 1 unspecified atom stereocenters. The van der Waals surface area contributed by atoms with Crippen LogP contribution in [0, 0.1) is 0 Å². The minimum atomic E-state index is -2.75. The van der Waals surface area contributed by atoms with E-state index in [0.29, 0.717) is 23.6 Å². The largest absolute Gasteiger partial charge is 0.800 e. The van der Waals surface area contributed by atoms with E-state index in [2.05, 4.69) is 37.9 Å². The Hall–Kier alpha value is 0.480. The molecule has 1 N–H and O–H groups in total. The lowest BCUT2D eigenvalue weighted by Gasteiger charge is -2.57. The van der Waals surface area contributed by atoms with Gasteiger partial charge in [-0.15, -0.1) is 12.4 Å². The second-order valence-corrected chi connectivity index (χ2v) is 7.71. The Kier molecular flexibility index (Phi) is 8.13. The molecule has 1 aliphatic heterocycles. The van der Waals surface area contributed by atoms with Crippen molar-refractivity contribution in [1.29, 1.82) is 0 Å². The quantitative estimate of drug-likeness (QED) is 0.814. The Labute approximate surface area is 119 Å². The van der Waals surface area contributed by atoms with Crippen molar-refractivity contribution >= 4 is 23.0 Å². The van der Waals surface area contributed by atoms with Crippen LogP contribution in [0.4, 0.5) is 0 Å². The number of nitrogens with one attached hydrogen (secondary N) is 1. The minimum Gasteiger partial charge on any atom is -0.800 e. The Morgan fingerprint density at radius 3 is 2.17 bits per heavy atom. The van der Waals surface area contributed by atoms with Gasteiger partial charge in [-0.3, -0.25) is 4.90 Å². The van der Waals surface area contributed by atoms with Gasteiger partial charge in [0.2, 0.25) is 0 Å². The van der Waals surface area contributed by atoms with Gasteiger partial charge in [0.15, 0.2) is 0 Å². The first-order valence-electron chi connectivity index (χ1n) is 6.51. The average Bonchev–Trinajstić information content (AvgIpc) is 2.51. The Bertz CT molecular complexity index is 232. The molecule has 0 radical (unpaired) electrons. The van der Waals surface area contributed by atoms with Crippen LogP contribution in [-0.2, 0) is 0 Å². The zero-order valence-electron chi connectivity index (χ0n) is 11.8. The Balaban J connectivity index is 0.00000289. The fourth-order valence-corrected chi connectivity index (χ4v) is 4.17. The summed E-state index contributed by atoms with van der Waals surface area (Å²) in [7, 11) is -2.75. The lowest BCUT2D eigenvalue weighted by Crippen LogP contribution is -2.43. The third-order valence-corrected chi connectivity index (χ3v) is 5.13. The van der Waals surface area contributed by atoms with E-state index in [1.54, 1.807) is 0 Å². The Morgan fingerprint density at radius 1 is 1.22 bits per heavy atom. The predicted octanol–water partition coefficient (Wildman–Crippen LogP) is 1.95. The van der Waals surface area contributed by atoms with Crippen LogP contribution in [0.1, 0.15) is 34.1 Å². The SMILES string of the molecule is CC(C)N(CCNC1CCS([O-])([O-])C1)C(C)C.Cl. The molecule has 1 aliphatic rings. The second-order valence-electron chi connectivity index (χ2n) is 5.48. The average molecular weight is 299 g/mol. The van der Waals surface area contributed by atoms with Crippen molar-refractivity contribution in [3.8, 4) is 0 Å². The lowest BCUT2D eigenvalue weighted by molar-refractivity contribution is 0.174. The number of sulfone groups is 1. The molecule has 1 fully saturated rings. The first kappa shape index (κ1) is 18.5. The Morgan fingerprint density at radius 2 is 1.78 bits per heavy atom. The molecule has 0 saturated carbocycles. The molecule has 0 amide bonds. The number of hydrogen-bond acceptors (Lipinski definition) is 4. The smallest absolute Gasteiger partial charge is 0.0196 e. The molecule has 112 valence electrons. The predicted molar refractivity (Wildman–Crippen MR) is 79.5 cm³/mol. The molecule has 4 nitrogen and oxygen atoms in total. The number of hydrogen-bond donors (Lipinski definition) is 1. The molecule has 6 heteroatoms. The zero-order valence-corrected chi connectivity index (χ0v) is 13.5. The third-order valence-electron chi connectivity index (χ3n) is 3.36. The van der Waals surface area contributed by atoms with Crippen LogP contribution in [0.5, 0.6) is 0 Å². The van der Waals surface area contributed by atoms with Crippen molar-refractivity contribution < 1.29 is 9.11 Å². The molecule has 18 heavy (non-hydrogen) atoms. The number of nitrogens with zero attached hydrogens (tertiary/aromatic N) is 1. The topological polar surface area (TPSA) is 61.4 Å². The van der Waals surface area contributed by atoms with E-state index in [-0.39, 0.29) is 18.4 Å². The highest BCUT2D eigenvalue weighted by atomic mass is 35.5. The van der Waals surface area contributed by atoms with Crippen LogP contribution in [-0.4, -0.2) is 56.7 Å². The van der Waals surface area contributed by atoms with Crippen molar-refractivity contribution in [2.24, 2.45) is 0 Å². The van der Waals surface area contributed by atoms with Gasteiger partial charge in [0.1, 0.15) is 0 Å². The highest BCUT2D eigenvalue weighted by molar-refractivity contribution is 8.24. The first-order valence-corrected chi connectivity index (χ1v) is 8.33. The molecule has 0 aromatic rings. The van der Waals surface area contributed by atoms with E-state index < -0.39 is 10.6 Å². The van der Waals surface area contributed by atoms with E-state index in [1.807, 2.05) is 0 Å². The first-order chi connectivity index (χ1) is 7.82. The monoisotopic (exact) mass is 298 g/mol. The minimum absolute atomic E-state index is 0. The molecule has 1 heterocycles. The summed E-state index contributed by atoms with van der Waals surface area (Å²) in [5.74, 6) is 0.666. The third kappa shape index (κ3) is 6.08. The fraction of sp³-hybridized carbons (Fsp3) is 1.00. The molecule has 0 aromatic carbocycles. The standard InChI is InChI=1S/C12H28N2O2S.ClH/c1-10(2)14(11(3)4)7-6-13-12-5-8-17(15,16)9-12;/h10-13,15-16H,5-9H2,1-4H3;1H/p-2. The molecule has 0 bridgehead atoms. The molecule has 1 saturated heterocycles. The van der Waals surface area contributed by atoms with Crippen molar-refractivity contribution in [1.82, 2.24) is 10.2 Å². The molecule has 0 spiro atoms. The van der Waals surface area contributed by atoms with Crippen molar-refractivity contribution in [3.63, 3.8) is 0 Å². The van der Waals surface area contributed by atoms with E-state index in [9.17, 15) is 9.11 Å². The van der Waals surface area contributed by atoms with Gasteiger partial charge in [0, 0.05) is 31.2 Å².